The zero-order valence-electron chi connectivity index (χ0n) is 17.3. The molecule has 1 amide bonds. The minimum atomic E-state index is -0.496. The zero-order valence-corrected chi connectivity index (χ0v) is 18.1. The molecule has 0 unspecified atom stereocenters. The summed E-state index contributed by atoms with van der Waals surface area (Å²) in [7, 11) is 0. The van der Waals surface area contributed by atoms with Crippen LogP contribution in [0.3, 0.4) is 0 Å². The van der Waals surface area contributed by atoms with Gasteiger partial charge in [-0.15, -0.1) is 0 Å². The number of anilines is 1. The fourth-order valence-corrected chi connectivity index (χ4v) is 3.97. The number of esters is 1. The Bertz CT molecular complexity index is 1150. The molecular weight excluding hydrogens is 404 g/mol. The van der Waals surface area contributed by atoms with Gasteiger partial charge in [0.1, 0.15) is 5.52 Å². The van der Waals surface area contributed by atoms with Gasteiger partial charge < -0.3 is 15.0 Å². The molecule has 30 heavy (non-hydrogen) atoms. The fourth-order valence-electron chi connectivity index (χ4n) is 3.04. The number of benzene rings is 1. The summed E-state index contributed by atoms with van der Waals surface area (Å²) in [4.78, 5) is 45.1. The van der Waals surface area contributed by atoms with Gasteiger partial charge in [-0.2, -0.15) is 0 Å². The van der Waals surface area contributed by atoms with Crippen molar-refractivity contribution in [3.63, 3.8) is 0 Å². The van der Waals surface area contributed by atoms with E-state index >= 15 is 0 Å². The maximum Gasteiger partial charge on any atom is 0.340 e. The van der Waals surface area contributed by atoms with Crippen LogP contribution in [-0.4, -0.2) is 38.8 Å². The van der Waals surface area contributed by atoms with Crippen molar-refractivity contribution in [2.45, 2.75) is 38.9 Å². The quantitative estimate of drug-likeness (QED) is 0.339. The average molecular weight is 429 g/mol. The maximum atomic E-state index is 12.8. The Balaban J connectivity index is 1.80. The van der Waals surface area contributed by atoms with Gasteiger partial charge in [0, 0.05) is 11.7 Å². The van der Waals surface area contributed by atoms with Crippen molar-refractivity contribution in [3.05, 3.63) is 51.9 Å². The van der Waals surface area contributed by atoms with E-state index in [9.17, 15) is 14.4 Å². The second-order valence-corrected chi connectivity index (χ2v) is 7.92. The van der Waals surface area contributed by atoms with E-state index in [4.69, 9.17) is 4.74 Å². The second kappa shape index (κ2) is 9.17. The van der Waals surface area contributed by atoms with Crippen molar-refractivity contribution in [1.82, 2.24) is 14.5 Å². The number of nitrogens with zero attached hydrogens (tertiary/aromatic N) is 2. The smallest absolute Gasteiger partial charge is 0.340 e. The molecule has 0 bridgehead atoms. The summed E-state index contributed by atoms with van der Waals surface area (Å²) in [5.74, 6) is -0.776. The number of carbonyl (C=O) groups excluding carboxylic acids is 2. The van der Waals surface area contributed by atoms with Crippen molar-refractivity contribution < 1.29 is 14.3 Å². The van der Waals surface area contributed by atoms with Gasteiger partial charge in [-0.1, -0.05) is 23.9 Å². The Hall–Kier alpha value is -3.07. The molecule has 3 rings (SSSR count). The Morgan fingerprint density at radius 1 is 1.30 bits per heavy atom. The number of para-hydroxylation sites is 1. The Morgan fingerprint density at radius 2 is 2.03 bits per heavy atom. The summed E-state index contributed by atoms with van der Waals surface area (Å²) in [5, 5.41) is 3.21. The van der Waals surface area contributed by atoms with Crippen molar-refractivity contribution in [2.24, 2.45) is 0 Å². The van der Waals surface area contributed by atoms with Crippen molar-refractivity contribution in [2.75, 3.05) is 17.7 Å². The number of aryl methyl sites for hydroxylation is 1. The van der Waals surface area contributed by atoms with Crippen molar-refractivity contribution in [1.29, 1.82) is 0 Å². The molecule has 0 saturated carbocycles. The number of H-pyrrole nitrogens is 1. The standard InChI is InChI=1S/C21H24N4O4S/c1-5-29-20(28)14-8-6-7-9-15(14)23-17(26)11-30-21-24-16-10-13(4)22-18(16)19(27)25(21)12(2)3/h6-10,12,22H,5,11H2,1-4H3,(H,23,26). The second-order valence-electron chi connectivity index (χ2n) is 6.98. The molecule has 9 heteroatoms. The Morgan fingerprint density at radius 3 is 2.73 bits per heavy atom. The van der Waals surface area contributed by atoms with Crippen LogP contribution in [0.15, 0.2) is 40.3 Å². The van der Waals surface area contributed by atoms with E-state index in [0.29, 0.717) is 27.4 Å². The van der Waals surface area contributed by atoms with Crippen LogP contribution < -0.4 is 10.9 Å². The van der Waals surface area contributed by atoms with Crippen molar-refractivity contribution >= 4 is 40.4 Å². The molecule has 0 aliphatic carbocycles. The van der Waals surface area contributed by atoms with Gasteiger partial charge in [-0.3, -0.25) is 14.2 Å². The lowest BCUT2D eigenvalue weighted by Crippen LogP contribution is -2.26. The van der Waals surface area contributed by atoms with Gasteiger partial charge in [-0.05, 0) is 45.9 Å². The summed E-state index contributed by atoms with van der Waals surface area (Å²) in [5.41, 5.74) is 2.38. The normalized spacial score (nSPS) is 11.1. The molecule has 0 saturated heterocycles. The summed E-state index contributed by atoms with van der Waals surface area (Å²) in [6.07, 6.45) is 0. The summed E-state index contributed by atoms with van der Waals surface area (Å²) < 4.78 is 6.60. The molecule has 0 aliphatic heterocycles. The Labute approximate surface area is 178 Å². The fraction of sp³-hybridized carbons (Fsp3) is 0.333. The minimum absolute atomic E-state index is 0.0330. The maximum absolute atomic E-state index is 12.8. The lowest BCUT2D eigenvalue weighted by atomic mass is 10.2. The van der Waals surface area contributed by atoms with Crippen LogP contribution in [0.25, 0.3) is 11.0 Å². The molecule has 158 valence electrons. The van der Waals surface area contributed by atoms with E-state index in [2.05, 4.69) is 15.3 Å². The van der Waals surface area contributed by atoms with E-state index in [1.54, 1.807) is 41.8 Å². The molecule has 2 aromatic heterocycles. The molecule has 1 aromatic carbocycles. The van der Waals surface area contributed by atoms with Crippen LogP contribution >= 0.6 is 11.8 Å². The third-order valence-electron chi connectivity index (χ3n) is 4.33. The van der Waals surface area contributed by atoms with Crippen LogP contribution in [0, 0.1) is 6.92 Å². The summed E-state index contributed by atoms with van der Waals surface area (Å²) in [6.45, 7) is 7.62. The van der Waals surface area contributed by atoms with Crippen LogP contribution in [0.4, 0.5) is 5.69 Å². The first-order valence-electron chi connectivity index (χ1n) is 9.62. The van der Waals surface area contributed by atoms with E-state index in [-0.39, 0.29) is 29.9 Å². The zero-order chi connectivity index (χ0) is 21.8. The summed E-state index contributed by atoms with van der Waals surface area (Å²) >= 11 is 1.18. The monoisotopic (exact) mass is 428 g/mol. The molecule has 0 atom stereocenters. The van der Waals surface area contributed by atoms with Gasteiger partial charge in [0.25, 0.3) is 5.56 Å². The third-order valence-corrected chi connectivity index (χ3v) is 5.28. The van der Waals surface area contributed by atoms with Crippen LogP contribution in [0.5, 0.6) is 0 Å². The molecule has 0 radical (unpaired) electrons. The van der Waals surface area contributed by atoms with Gasteiger partial charge in [0.2, 0.25) is 5.91 Å². The number of aromatic nitrogens is 3. The molecule has 0 aliphatic rings. The highest BCUT2D eigenvalue weighted by Crippen LogP contribution is 2.22. The van der Waals surface area contributed by atoms with E-state index < -0.39 is 5.97 Å². The number of hydrogen-bond donors (Lipinski definition) is 2. The number of ether oxygens (including phenoxy) is 1. The molecule has 2 N–H and O–H groups in total. The molecule has 8 nitrogen and oxygen atoms in total. The largest absolute Gasteiger partial charge is 0.462 e. The molecule has 2 heterocycles. The van der Waals surface area contributed by atoms with Crippen LogP contribution in [0.2, 0.25) is 0 Å². The lowest BCUT2D eigenvalue weighted by Gasteiger charge is -2.15. The minimum Gasteiger partial charge on any atom is -0.462 e. The van der Waals surface area contributed by atoms with E-state index in [1.165, 1.54) is 11.8 Å². The van der Waals surface area contributed by atoms with Gasteiger partial charge in [-0.25, -0.2) is 9.78 Å². The summed E-state index contributed by atoms with van der Waals surface area (Å²) in [6, 6.07) is 8.36. The Kier molecular flexibility index (Phi) is 6.61. The van der Waals surface area contributed by atoms with Gasteiger partial charge in [0.15, 0.2) is 5.16 Å². The van der Waals surface area contributed by atoms with Gasteiger partial charge >= 0.3 is 5.97 Å². The molecular formula is C21H24N4O4S. The highest BCUT2D eigenvalue weighted by Gasteiger charge is 2.18. The molecule has 3 aromatic rings. The number of hydrogen-bond acceptors (Lipinski definition) is 6. The lowest BCUT2D eigenvalue weighted by molar-refractivity contribution is -0.113. The predicted octanol–water partition coefficient (Wildman–Crippen LogP) is 3.52. The molecule has 0 fully saturated rings. The van der Waals surface area contributed by atoms with E-state index in [1.807, 2.05) is 20.8 Å². The predicted molar refractivity (Wildman–Crippen MR) is 117 cm³/mol. The third kappa shape index (κ3) is 4.56. The first-order valence-corrected chi connectivity index (χ1v) is 10.6. The highest BCUT2D eigenvalue weighted by atomic mass is 32.2. The first-order chi connectivity index (χ1) is 14.3. The van der Waals surface area contributed by atoms with Crippen LogP contribution in [0.1, 0.15) is 42.9 Å². The first kappa shape index (κ1) is 21.6. The number of fused-ring (bicyclic) bond motifs is 1. The number of rotatable bonds is 7. The topological polar surface area (TPSA) is 106 Å². The van der Waals surface area contributed by atoms with Crippen LogP contribution in [-0.2, 0) is 9.53 Å². The van der Waals surface area contributed by atoms with Gasteiger partial charge in [0.05, 0.1) is 29.1 Å². The number of carbonyl (C=O) groups is 2. The average Bonchev–Trinajstić information content (AvgIpc) is 3.07. The highest BCUT2D eigenvalue weighted by molar-refractivity contribution is 7.99. The van der Waals surface area contributed by atoms with E-state index in [0.717, 1.165) is 5.69 Å². The number of aromatic amines is 1. The SMILES string of the molecule is CCOC(=O)c1ccccc1NC(=O)CSc1nc2cc(C)[nH]c2c(=O)n1C(C)C. The number of thioether (sulfide) groups is 1. The molecule has 0 spiro atoms. The van der Waals surface area contributed by atoms with Crippen molar-refractivity contribution in [3.8, 4) is 0 Å². The number of amides is 1. The number of nitrogens with one attached hydrogen (secondary N) is 2.